The van der Waals surface area contributed by atoms with E-state index in [4.69, 9.17) is 0 Å². The highest BCUT2D eigenvalue weighted by atomic mass is 127. The van der Waals surface area contributed by atoms with Crippen LogP contribution in [0.25, 0.3) is 0 Å². The maximum Gasteiger partial charge on any atom is 0.191 e. The number of rotatable bonds is 5. The Labute approximate surface area is 170 Å². The lowest BCUT2D eigenvalue weighted by molar-refractivity contribution is 0.461. The zero-order chi connectivity index (χ0) is 16.8. The normalized spacial score (nSPS) is 15.8. The molecule has 8 heteroatoms. The number of halogens is 1. The zero-order valence-electron chi connectivity index (χ0n) is 14.8. The van der Waals surface area contributed by atoms with Gasteiger partial charge in [0.25, 0.3) is 0 Å². The fraction of sp³-hybridized carbons (Fsp3) is 0.529. The number of nitrogens with zero attached hydrogens (tertiary/aromatic N) is 4. The molecule has 25 heavy (non-hydrogen) atoms. The average Bonchev–Trinajstić information content (AvgIpc) is 3.26. The van der Waals surface area contributed by atoms with Crippen molar-refractivity contribution in [3.8, 4) is 0 Å². The van der Waals surface area contributed by atoms with Gasteiger partial charge in [-0.2, -0.15) is 5.10 Å². The van der Waals surface area contributed by atoms with Gasteiger partial charge in [0.05, 0.1) is 17.7 Å². The number of aliphatic imine (C=N–C) groups is 1. The Morgan fingerprint density at radius 1 is 1.40 bits per heavy atom. The summed E-state index contributed by atoms with van der Waals surface area (Å²) in [6.45, 7) is 5.91. The van der Waals surface area contributed by atoms with E-state index in [1.54, 1.807) is 0 Å². The van der Waals surface area contributed by atoms with Gasteiger partial charge in [-0.05, 0) is 42.8 Å². The van der Waals surface area contributed by atoms with Gasteiger partial charge in [0.2, 0.25) is 0 Å². The Hall–Kier alpha value is -1.29. The van der Waals surface area contributed by atoms with Crippen LogP contribution in [0.3, 0.4) is 0 Å². The van der Waals surface area contributed by atoms with E-state index in [1.807, 2.05) is 29.3 Å². The number of aryl methyl sites for hydroxylation is 1. The molecule has 2 aromatic rings. The Morgan fingerprint density at radius 3 is 2.80 bits per heavy atom. The molecule has 0 amide bonds. The van der Waals surface area contributed by atoms with E-state index in [-0.39, 0.29) is 24.0 Å². The highest BCUT2D eigenvalue weighted by molar-refractivity contribution is 14.0. The molecule has 0 aliphatic carbocycles. The number of hydrogen-bond donors (Lipinski definition) is 2. The van der Waals surface area contributed by atoms with Gasteiger partial charge in [-0.3, -0.25) is 9.67 Å². The first kappa shape index (κ1) is 20.0. The van der Waals surface area contributed by atoms with E-state index in [0.29, 0.717) is 6.04 Å². The second-order valence-corrected chi connectivity index (χ2v) is 7.06. The van der Waals surface area contributed by atoms with E-state index in [2.05, 4.69) is 56.3 Å². The minimum atomic E-state index is 0. The predicted molar refractivity (Wildman–Crippen MR) is 116 cm³/mol. The predicted octanol–water partition coefficient (Wildman–Crippen LogP) is 2.71. The van der Waals surface area contributed by atoms with Crippen molar-refractivity contribution in [2.45, 2.75) is 32.4 Å². The summed E-state index contributed by atoms with van der Waals surface area (Å²) in [5, 5.41) is 14.8. The van der Waals surface area contributed by atoms with Crippen LogP contribution in [0.4, 0.5) is 5.00 Å². The van der Waals surface area contributed by atoms with Crippen molar-refractivity contribution >= 4 is 46.3 Å². The highest BCUT2D eigenvalue weighted by Gasteiger charge is 2.20. The fourth-order valence-electron chi connectivity index (χ4n) is 2.96. The summed E-state index contributed by atoms with van der Waals surface area (Å²) < 4.78 is 1.95. The largest absolute Gasteiger partial charge is 0.363 e. The van der Waals surface area contributed by atoms with Gasteiger partial charge in [-0.25, -0.2) is 0 Å². The summed E-state index contributed by atoms with van der Waals surface area (Å²) in [4.78, 5) is 6.81. The maximum absolute atomic E-state index is 4.34. The molecule has 0 unspecified atom stereocenters. The van der Waals surface area contributed by atoms with Crippen LogP contribution in [-0.4, -0.2) is 48.5 Å². The van der Waals surface area contributed by atoms with Crippen molar-refractivity contribution in [3.05, 3.63) is 35.5 Å². The summed E-state index contributed by atoms with van der Waals surface area (Å²) in [6.07, 6.45) is 6.21. The van der Waals surface area contributed by atoms with Gasteiger partial charge in [0.1, 0.15) is 0 Å². The number of aromatic nitrogens is 2. The van der Waals surface area contributed by atoms with Crippen molar-refractivity contribution < 1.29 is 0 Å². The molecule has 138 valence electrons. The summed E-state index contributed by atoms with van der Waals surface area (Å²) >= 11 is 1.82. The van der Waals surface area contributed by atoms with E-state index in [1.165, 1.54) is 10.6 Å². The van der Waals surface area contributed by atoms with E-state index in [9.17, 15) is 0 Å². The number of anilines is 1. The third-order valence-corrected chi connectivity index (χ3v) is 5.20. The molecular weight excluding hydrogens is 447 g/mol. The summed E-state index contributed by atoms with van der Waals surface area (Å²) in [7, 11) is 1.83. The van der Waals surface area contributed by atoms with Crippen LogP contribution in [-0.2, 0) is 6.54 Å². The van der Waals surface area contributed by atoms with Crippen LogP contribution in [0.1, 0.15) is 18.4 Å². The number of nitrogens with one attached hydrogen (secondary N) is 2. The third-order valence-electron chi connectivity index (χ3n) is 4.27. The van der Waals surface area contributed by atoms with Gasteiger partial charge >= 0.3 is 0 Å². The molecule has 2 N–H and O–H groups in total. The molecule has 0 radical (unpaired) electrons. The van der Waals surface area contributed by atoms with Gasteiger partial charge < -0.3 is 15.5 Å². The molecule has 6 nitrogen and oxygen atoms in total. The van der Waals surface area contributed by atoms with Crippen molar-refractivity contribution in [1.29, 1.82) is 0 Å². The Morgan fingerprint density at radius 2 is 2.20 bits per heavy atom. The quantitative estimate of drug-likeness (QED) is 0.398. The number of thiophene rings is 1. The van der Waals surface area contributed by atoms with Gasteiger partial charge in [-0.15, -0.1) is 35.3 Å². The van der Waals surface area contributed by atoms with Gasteiger partial charge in [-0.1, -0.05) is 0 Å². The lowest BCUT2D eigenvalue weighted by Gasteiger charge is -2.33. The number of hydrogen-bond acceptors (Lipinski definition) is 4. The van der Waals surface area contributed by atoms with Crippen molar-refractivity contribution in [1.82, 2.24) is 20.4 Å². The number of guanidine groups is 1. The van der Waals surface area contributed by atoms with Gasteiger partial charge in [0, 0.05) is 38.9 Å². The molecule has 1 aliphatic rings. The Kier molecular flexibility index (Phi) is 8.01. The van der Waals surface area contributed by atoms with E-state index >= 15 is 0 Å². The first-order valence-electron chi connectivity index (χ1n) is 8.49. The average molecular weight is 474 g/mol. The molecule has 0 spiro atoms. The lowest BCUT2D eigenvalue weighted by atomic mass is 10.1. The SMILES string of the molecule is CN=C(NCCn1cc(C)cn1)NC1CCN(c2cccs2)CC1.I. The van der Waals surface area contributed by atoms with Crippen LogP contribution >= 0.6 is 35.3 Å². The second-order valence-electron chi connectivity index (χ2n) is 6.14. The lowest BCUT2D eigenvalue weighted by Crippen LogP contribution is -2.49. The summed E-state index contributed by atoms with van der Waals surface area (Å²) in [5.41, 5.74) is 1.19. The maximum atomic E-state index is 4.34. The van der Waals surface area contributed by atoms with Crippen LogP contribution < -0.4 is 15.5 Å². The van der Waals surface area contributed by atoms with Crippen molar-refractivity contribution in [2.75, 3.05) is 31.6 Å². The van der Waals surface area contributed by atoms with E-state index in [0.717, 1.165) is 45.0 Å². The Balaban J connectivity index is 0.00000225. The topological polar surface area (TPSA) is 57.5 Å². The van der Waals surface area contributed by atoms with E-state index < -0.39 is 0 Å². The molecule has 1 fully saturated rings. The molecule has 0 saturated carbocycles. The third kappa shape index (κ3) is 5.88. The monoisotopic (exact) mass is 474 g/mol. The standard InChI is InChI=1S/C17H26N6S.HI/c1-14-12-20-23(13-14)10-7-19-17(18-2)21-15-5-8-22(9-6-15)16-4-3-11-24-16;/h3-4,11-13,15H,5-10H2,1-2H3,(H2,18,19,21);1H. The summed E-state index contributed by atoms with van der Waals surface area (Å²) in [6, 6.07) is 4.81. The van der Waals surface area contributed by atoms with Crippen LogP contribution in [0.5, 0.6) is 0 Å². The molecule has 0 bridgehead atoms. The smallest absolute Gasteiger partial charge is 0.191 e. The van der Waals surface area contributed by atoms with Crippen molar-refractivity contribution in [3.63, 3.8) is 0 Å². The van der Waals surface area contributed by atoms with Crippen LogP contribution in [0.15, 0.2) is 34.9 Å². The fourth-order valence-corrected chi connectivity index (χ4v) is 3.75. The first-order valence-corrected chi connectivity index (χ1v) is 9.37. The van der Waals surface area contributed by atoms with Crippen LogP contribution in [0, 0.1) is 6.92 Å². The number of piperidine rings is 1. The molecular formula is C17H27IN6S. The molecule has 1 aliphatic heterocycles. The van der Waals surface area contributed by atoms with Gasteiger partial charge in [0.15, 0.2) is 5.96 Å². The zero-order valence-corrected chi connectivity index (χ0v) is 18.0. The first-order chi connectivity index (χ1) is 11.7. The highest BCUT2D eigenvalue weighted by Crippen LogP contribution is 2.24. The second kappa shape index (κ2) is 10.0. The molecule has 2 aromatic heterocycles. The Bertz CT molecular complexity index is 646. The van der Waals surface area contributed by atoms with Crippen LogP contribution in [0.2, 0.25) is 0 Å². The molecule has 0 atom stereocenters. The summed E-state index contributed by atoms with van der Waals surface area (Å²) in [5.74, 6) is 0.883. The molecule has 3 rings (SSSR count). The molecule has 1 saturated heterocycles. The van der Waals surface area contributed by atoms with Crippen molar-refractivity contribution in [2.24, 2.45) is 4.99 Å². The molecule has 0 aromatic carbocycles. The molecule has 3 heterocycles. The minimum absolute atomic E-state index is 0. The minimum Gasteiger partial charge on any atom is -0.363 e.